The van der Waals surface area contributed by atoms with Gasteiger partial charge in [-0.15, -0.1) is 0 Å². The Labute approximate surface area is 232 Å². The van der Waals surface area contributed by atoms with Gasteiger partial charge in [0.1, 0.15) is 11.5 Å². The van der Waals surface area contributed by atoms with Crippen molar-refractivity contribution < 1.29 is 4.57 Å². The molecule has 3 aromatic heterocycles. The number of aromatic nitrogens is 4. The van der Waals surface area contributed by atoms with E-state index in [1.165, 1.54) is 48.2 Å². The van der Waals surface area contributed by atoms with E-state index < -0.39 is 0 Å². The highest BCUT2D eigenvalue weighted by Gasteiger charge is 2.17. The fourth-order valence-electron chi connectivity index (χ4n) is 5.48. The third-order valence-electron chi connectivity index (χ3n) is 7.45. The zero-order valence-electron chi connectivity index (χ0n) is 22.2. The van der Waals surface area contributed by atoms with Crippen molar-refractivity contribution in [3.05, 3.63) is 121 Å². The van der Waals surface area contributed by atoms with E-state index in [1.54, 1.807) is 11.8 Å². The molecule has 0 saturated carbocycles. The zero-order chi connectivity index (χ0) is 26.5. The van der Waals surface area contributed by atoms with Gasteiger partial charge in [-0.3, -0.25) is 4.57 Å². The topological polar surface area (TPSA) is 26.6 Å². The molecule has 190 valence electrons. The van der Waals surface area contributed by atoms with Gasteiger partial charge in [0.05, 0.1) is 18.1 Å². The fraction of sp³-hybridized carbons (Fsp3) is 0.118. The molecule has 0 bridgehead atoms. The van der Waals surface area contributed by atoms with Crippen molar-refractivity contribution in [3.63, 3.8) is 0 Å². The quantitative estimate of drug-likeness (QED) is 0.212. The van der Waals surface area contributed by atoms with Gasteiger partial charge in [-0.2, -0.15) is 4.57 Å². The summed E-state index contributed by atoms with van der Waals surface area (Å²) < 4.78 is 6.74. The number of pyridine rings is 1. The summed E-state index contributed by atoms with van der Waals surface area (Å²) in [6.45, 7) is 4.45. The highest BCUT2D eigenvalue weighted by atomic mass is 32.2. The number of imidazole rings is 1. The van der Waals surface area contributed by atoms with Gasteiger partial charge in [0.2, 0.25) is 6.33 Å². The van der Waals surface area contributed by atoms with Crippen molar-refractivity contribution in [2.24, 2.45) is 7.05 Å². The monoisotopic (exact) mass is 525 g/mol. The molecule has 39 heavy (non-hydrogen) atoms. The van der Waals surface area contributed by atoms with Gasteiger partial charge in [0, 0.05) is 26.8 Å². The molecule has 0 amide bonds. The predicted octanol–water partition coefficient (Wildman–Crippen LogP) is 8.22. The Balaban J connectivity index is 1.33. The van der Waals surface area contributed by atoms with Crippen LogP contribution < -0.4 is 4.57 Å². The molecular formula is C34H29N4S+. The molecule has 3 heterocycles. The van der Waals surface area contributed by atoms with Gasteiger partial charge in [-0.1, -0.05) is 68.1 Å². The van der Waals surface area contributed by atoms with Crippen LogP contribution >= 0.6 is 11.8 Å². The van der Waals surface area contributed by atoms with Crippen molar-refractivity contribution in [1.82, 2.24) is 14.1 Å². The highest BCUT2D eigenvalue weighted by Crippen LogP contribution is 2.37. The molecule has 0 saturated heterocycles. The van der Waals surface area contributed by atoms with E-state index in [4.69, 9.17) is 4.98 Å². The van der Waals surface area contributed by atoms with Gasteiger partial charge < -0.3 is 0 Å². The largest absolute Gasteiger partial charge is 0.294 e. The molecular weight excluding hydrogens is 496 g/mol. The molecule has 0 aliphatic heterocycles. The number of fused-ring (bicyclic) bond motifs is 4. The molecule has 4 nitrogen and oxygen atoms in total. The van der Waals surface area contributed by atoms with Crippen LogP contribution in [0.2, 0.25) is 0 Å². The third-order valence-corrected chi connectivity index (χ3v) is 8.43. The van der Waals surface area contributed by atoms with E-state index in [1.807, 2.05) is 6.20 Å². The lowest BCUT2D eigenvalue weighted by atomic mass is 10.1. The van der Waals surface area contributed by atoms with Crippen molar-refractivity contribution in [2.45, 2.75) is 29.6 Å². The van der Waals surface area contributed by atoms with E-state index in [9.17, 15) is 0 Å². The molecule has 0 aliphatic carbocycles. The smallest absolute Gasteiger partial charge is 0.249 e. The maximum Gasteiger partial charge on any atom is 0.249 e. The van der Waals surface area contributed by atoms with Gasteiger partial charge >= 0.3 is 0 Å². The Kier molecular flexibility index (Phi) is 5.75. The first-order valence-electron chi connectivity index (χ1n) is 13.3. The third kappa shape index (κ3) is 4.10. The first-order chi connectivity index (χ1) is 19.1. The van der Waals surface area contributed by atoms with Gasteiger partial charge in [0.25, 0.3) is 0 Å². The van der Waals surface area contributed by atoms with Crippen molar-refractivity contribution in [2.75, 3.05) is 0 Å². The second-order valence-electron chi connectivity index (χ2n) is 10.3. The van der Waals surface area contributed by atoms with Crippen molar-refractivity contribution in [3.8, 4) is 11.5 Å². The molecule has 0 fully saturated rings. The first-order valence-corrected chi connectivity index (χ1v) is 14.1. The van der Waals surface area contributed by atoms with Gasteiger partial charge in [0.15, 0.2) is 11.0 Å². The minimum absolute atomic E-state index is 0.442. The van der Waals surface area contributed by atoms with Crippen LogP contribution in [-0.4, -0.2) is 14.1 Å². The lowest BCUT2D eigenvalue weighted by Gasteiger charge is -2.11. The summed E-state index contributed by atoms with van der Waals surface area (Å²) in [5.41, 5.74) is 7.21. The van der Waals surface area contributed by atoms with E-state index in [0.717, 1.165) is 11.5 Å². The van der Waals surface area contributed by atoms with Crippen LogP contribution in [0.15, 0.2) is 125 Å². The van der Waals surface area contributed by atoms with Crippen LogP contribution in [0.25, 0.3) is 44.3 Å². The molecule has 5 heteroatoms. The minimum atomic E-state index is 0.442. The maximum absolute atomic E-state index is 4.80. The molecule has 0 radical (unpaired) electrons. The minimum Gasteiger partial charge on any atom is -0.294 e. The first kappa shape index (κ1) is 23.7. The SMILES string of the molecule is CC(C)c1ccnc(-n2c3ccccc3c3ccc(Sc4cccc(-n5c[n+](C)c6ccccc65)c4)cc32)c1. The van der Waals surface area contributed by atoms with Crippen LogP contribution in [0.3, 0.4) is 0 Å². The Hall–Kier alpha value is -4.35. The lowest BCUT2D eigenvalue weighted by Crippen LogP contribution is -2.25. The summed E-state index contributed by atoms with van der Waals surface area (Å²) in [6.07, 6.45) is 4.08. The number of nitrogens with zero attached hydrogens (tertiary/aromatic N) is 4. The number of hydrogen-bond acceptors (Lipinski definition) is 2. The van der Waals surface area contributed by atoms with Crippen LogP contribution in [0.1, 0.15) is 25.3 Å². The summed E-state index contributed by atoms with van der Waals surface area (Å²) in [7, 11) is 2.09. The molecule has 0 N–H and O–H groups in total. The summed E-state index contributed by atoms with van der Waals surface area (Å²) in [5.74, 6) is 1.40. The highest BCUT2D eigenvalue weighted by molar-refractivity contribution is 7.99. The second-order valence-corrected chi connectivity index (χ2v) is 11.5. The predicted molar refractivity (Wildman–Crippen MR) is 161 cm³/mol. The number of aryl methyl sites for hydroxylation is 1. The average Bonchev–Trinajstić information content (AvgIpc) is 3.48. The molecule has 0 atom stereocenters. The van der Waals surface area contributed by atoms with Gasteiger partial charge in [-0.05, 0) is 72.1 Å². The molecule has 0 spiro atoms. The van der Waals surface area contributed by atoms with Gasteiger partial charge in [-0.25, -0.2) is 9.55 Å². The lowest BCUT2D eigenvalue weighted by molar-refractivity contribution is -0.645. The van der Waals surface area contributed by atoms with Crippen LogP contribution in [0.4, 0.5) is 0 Å². The van der Waals surface area contributed by atoms with E-state index in [-0.39, 0.29) is 0 Å². The molecule has 7 rings (SSSR count). The maximum atomic E-state index is 4.80. The molecule has 7 aromatic rings. The molecule has 0 unspecified atom stereocenters. The molecule has 4 aromatic carbocycles. The summed E-state index contributed by atoms with van der Waals surface area (Å²) in [6, 6.07) is 37.0. The Morgan fingerprint density at radius 1 is 0.718 bits per heavy atom. The van der Waals surface area contributed by atoms with E-state index >= 15 is 0 Å². The van der Waals surface area contributed by atoms with E-state index in [2.05, 4.69) is 144 Å². The Morgan fingerprint density at radius 3 is 2.36 bits per heavy atom. The van der Waals surface area contributed by atoms with Crippen molar-refractivity contribution in [1.29, 1.82) is 0 Å². The van der Waals surface area contributed by atoms with Crippen LogP contribution in [-0.2, 0) is 7.05 Å². The normalized spacial score (nSPS) is 11.8. The van der Waals surface area contributed by atoms with Crippen LogP contribution in [0.5, 0.6) is 0 Å². The van der Waals surface area contributed by atoms with Crippen molar-refractivity contribution >= 4 is 44.6 Å². The van der Waals surface area contributed by atoms with Crippen LogP contribution in [0, 0.1) is 0 Å². The summed E-state index contributed by atoms with van der Waals surface area (Å²) in [4.78, 5) is 7.21. The fourth-order valence-corrected chi connectivity index (χ4v) is 6.38. The number of hydrogen-bond donors (Lipinski definition) is 0. The number of rotatable bonds is 5. The second kappa shape index (κ2) is 9.44. The Morgan fingerprint density at radius 2 is 1.49 bits per heavy atom. The standard InChI is InChI=1S/C34H29N4S/c1-23(2)24-17-18-35-34(19-24)38-30-12-5-4-11-28(30)29-16-15-27(21-33(29)38)39-26-10-8-9-25(20-26)37-22-36(3)31-13-6-7-14-32(31)37/h4-23H,1-3H3/q+1. The molecule has 0 aliphatic rings. The summed E-state index contributed by atoms with van der Waals surface area (Å²) in [5, 5.41) is 2.49. The van der Waals surface area contributed by atoms with E-state index in [0.29, 0.717) is 5.92 Å². The summed E-state index contributed by atoms with van der Waals surface area (Å²) >= 11 is 1.79. The number of para-hydroxylation sites is 3. The average molecular weight is 526 g/mol. The zero-order valence-corrected chi connectivity index (χ0v) is 23.1. The number of benzene rings is 4. The Bertz CT molecular complexity index is 2000.